The van der Waals surface area contributed by atoms with E-state index in [1.165, 1.54) is 0 Å². The number of benzene rings is 1. The third-order valence-corrected chi connectivity index (χ3v) is 3.31. The molecule has 0 unspecified atom stereocenters. The fourth-order valence-electron chi connectivity index (χ4n) is 2.10. The predicted molar refractivity (Wildman–Crippen MR) is 84.0 cm³/mol. The van der Waals surface area contributed by atoms with Crippen LogP contribution in [-0.2, 0) is 6.42 Å². The van der Waals surface area contributed by atoms with Gasteiger partial charge in [0.15, 0.2) is 11.4 Å². The molecule has 0 aliphatic heterocycles. The zero-order valence-corrected chi connectivity index (χ0v) is 13.1. The van der Waals surface area contributed by atoms with Crippen LogP contribution in [0.3, 0.4) is 0 Å². The van der Waals surface area contributed by atoms with Crippen LogP contribution >= 0.6 is 0 Å². The van der Waals surface area contributed by atoms with Gasteiger partial charge in [-0.3, -0.25) is 0 Å². The number of oxazole rings is 1. The van der Waals surface area contributed by atoms with Crippen molar-refractivity contribution in [3.63, 3.8) is 0 Å². The molecule has 1 atom stereocenters. The van der Waals surface area contributed by atoms with Gasteiger partial charge in [0.1, 0.15) is 11.6 Å². The number of hydrogen-bond acceptors (Lipinski definition) is 7. The van der Waals surface area contributed by atoms with Crippen LogP contribution in [-0.4, -0.2) is 29.2 Å². The van der Waals surface area contributed by atoms with Gasteiger partial charge >= 0.3 is 0 Å². The second-order valence-corrected chi connectivity index (χ2v) is 5.34. The molecule has 0 radical (unpaired) electrons. The average Bonchev–Trinajstić information content (AvgIpc) is 3.13. The van der Waals surface area contributed by atoms with E-state index in [-0.39, 0.29) is 6.04 Å². The molecular weight excluding hydrogens is 282 g/mol. The first-order valence-corrected chi connectivity index (χ1v) is 7.23. The van der Waals surface area contributed by atoms with Gasteiger partial charge in [-0.2, -0.15) is 9.97 Å². The molecule has 1 aromatic carbocycles. The number of nitrogens with one attached hydrogen (secondary N) is 1. The number of rotatable bonds is 5. The van der Waals surface area contributed by atoms with E-state index in [4.69, 9.17) is 8.94 Å². The summed E-state index contributed by atoms with van der Waals surface area (Å²) in [5.41, 5.74) is 2.49. The first-order chi connectivity index (χ1) is 10.6. The minimum Gasteiger partial charge on any atom is -0.423 e. The van der Waals surface area contributed by atoms with Crippen molar-refractivity contribution < 1.29 is 8.94 Å². The SMILES string of the molecule is CCc1noc([C@@H](C)Nc2ccc3oc(N(C)C)nc3c2)n1. The van der Waals surface area contributed by atoms with E-state index >= 15 is 0 Å². The van der Waals surface area contributed by atoms with Gasteiger partial charge in [0.2, 0.25) is 5.89 Å². The minimum atomic E-state index is -0.0783. The van der Waals surface area contributed by atoms with Crippen molar-refractivity contribution in [1.29, 1.82) is 0 Å². The zero-order chi connectivity index (χ0) is 15.7. The lowest BCUT2D eigenvalue weighted by molar-refractivity contribution is 0.363. The van der Waals surface area contributed by atoms with Crippen molar-refractivity contribution in [2.45, 2.75) is 26.3 Å². The summed E-state index contributed by atoms with van der Waals surface area (Å²) >= 11 is 0. The molecule has 116 valence electrons. The molecular formula is C15H19N5O2. The minimum absolute atomic E-state index is 0.0783. The Bertz CT molecular complexity index is 777. The van der Waals surface area contributed by atoms with Gasteiger partial charge in [-0.1, -0.05) is 12.1 Å². The lowest BCUT2D eigenvalue weighted by Crippen LogP contribution is -2.08. The van der Waals surface area contributed by atoms with Crippen molar-refractivity contribution >= 4 is 22.8 Å². The van der Waals surface area contributed by atoms with Gasteiger partial charge in [-0.05, 0) is 25.1 Å². The maximum absolute atomic E-state index is 5.64. The Kier molecular flexibility index (Phi) is 3.70. The third kappa shape index (κ3) is 2.74. The number of aryl methyl sites for hydroxylation is 1. The molecule has 7 heteroatoms. The highest BCUT2D eigenvalue weighted by molar-refractivity contribution is 5.79. The van der Waals surface area contributed by atoms with Crippen molar-refractivity contribution in [3.8, 4) is 0 Å². The Morgan fingerprint density at radius 2 is 2.09 bits per heavy atom. The lowest BCUT2D eigenvalue weighted by atomic mass is 10.2. The van der Waals surface area contributed by atoms with Gasteiger partial charge in [0, 0.05) is 26.2 Å². The topological polar surface area (TPSA) is 80.2 Å². The first kappa shape index (κ1) is 14.4. The van der Waals surface area contributed by atoms with Crippen molar-refractivity contribution in [3.05, 3.63) is 29.9 Å². The van der Waals surface area contributed by atoms with E-state index in [1.807, 2.05) is 51.0 Å². The normalized spacial score (nSPS) is 12.5. The second-order valence-electron chi connectivity index (χ2n) is 5.34. The van der Waals surface area contributed by atoms with Crippen molar-refractivity contribution in [2.24, 2.45) is 0 Å². The molecule has 1 N–H and O–H groups in total. The molecule has 2 aromatic heterocycles. The van der Waals surface area contributed by atoms with Crippen LogP contribution in [0, 0.1) is 0 Å². The fourth-order valence-corrected chi connectivity index (χ4v) is 2.10. The maximum Gasteiger partial charge on any atom is 0.297 e. The monoisotopic (exact) mass is 301 g/mol. The Balaban J connectivity index is 1.80. The molecule has 2 heterocycles. The molecule has 22 heavy (non-hydrogen) atoms. The first-order valence-electron chi connectivity index (χ1n) is 7.23. The largest absolute Gasteiger partial charge is 0.423 e. The van der Waals surface area contributed by atoms with Crippen LogP contribution in [0.2, 0.25) is 0 Å². The van der Waals surface area contributed by atoms with Crippen molar-refractivity contribution in [1.82, 2.24) is 15.1 Å². The predicted octanol–water partition coefficient (Wildman–Crippen LogP) is 3.01. The Morgan fingerprint density at radius 3 is 2.77 bits per heavy atom. The van der Waals surface area contributed by atoms with E-state index in [1.54, 1.807) is 0 Å². The maximum atomic E-state index is 5.64. The number of hydrogen-bond donors (Lipinski definition) is 1. The van der Waals surface area contributed by atoms with Gasteiger partial charge in [-0.25, -0.2) is 0 Å². The summed E-state index contributed by atoms with van der Waals surface area (Å²) in [4.78, 5) is 10.6. The van der Waals surface area contributed by atoms with Crippen LogP contribution in [0.25, 0.3) is 11.1 Å². The summed E-state index contributed by atoms with van der Waals surface area (Å²) < 4.78 is 10.9. The van der Waals surface area contributed by atoms with Gasteiger partial charge < -0.3 is 19.2 Å². The Morgan fingerprint density at radius 1 is 1.27 bits per heavy atom. The number of anilines is 2. The van der Waals surface area contributed by atoms with E-state index in [2.05, 4.69) is 20.4 Å². The summed E-state index contributed by atoms with van der Waals surface area (Å²) in [7, 11) is 3.79. The quantitative estimate of drug-likeness (QED) is 0.775. The molecule has 0 aliphatic carbocycles. The number of fused-ring (bicyclic) bond motifs is 1. The summed E-state index contributed by atoms with van der Waals surface area (Å²) in [5, 5.41) is 7.25. The summed E-state index contributed by atoms with van der Waals surface area (Å²) in [6.45, 7) is 3.97. The molecule has 0 aliphatic rings. The molecule has 0 spiro atoms. The Hall–Kier alpha value is -2.57. The van der Waals surface area contributed by atoms with E-state index in [0.717, 1.165) is 23.2 Å². The standard InChI is InChI=1S/C15H19N5O2/c1-5-13-18-14(22-19-13)9(2)16-10-6-7-12-11(8-10)17-15(21-12)20(3)4/h6-9,16H,5H2,1-4H3/t9-/m1/s1. The second kappa shape index (κ2) is 5.67. The smallest absolute Gasteiger partial charge is 0.297 e. The zero-order valence-electron chi connectivity index (χ0n) is 13.1. The van der Waals surface area contributed by atoms with E-state index in [0.29, 0.717) is 17.7 Å². The highest BCUT2D eigenvalue weighted by Crippen LogP contribution is 2.25. The number of nitrogens with zero attached hydrogens (tertiary/aromatic N) is 4. The molecule has 0 fully saturated rings. The van der Waals surface area contributed by atoms with Crippen LogP contribution in [0.1, 0.15) is 31.6 Å². The van der Waals surface area contributed by atoms with Gasteiger partial charge in [0.05, 0.1) is 0 Å². The van der Waals surface area contributed by atoms with Gasteiger partial charge in [0.25, 0.3) is 6.01 Å². The van der Waals surface area contributed by atoms with E-state index in [9.17, 15) is 0 Å². The Labute approximate surface area is 128 Å². The number of aromatic nitrogens is 3. The lowest BCUT2D eigenvalue weighted by Gasteiger charge is -2.10. The molecule has 0 saturated carbocycles. The van der Waals surface area contributed by atoms with E-state index < -0.39 is 0 Å². The fraction of sp³-hybridized carbons (Fsp3) is 0.400. The highest BCUT2D eigenvalue weighted by atomic mass is 16.5. The third-order valence-electron chi connectivity index (χ3n) is 3.31. The average molecular weight is 301 g/mol. The van der Waals surface area contributed by atoms with Crippen LogP contribution in [0.15, 0.2) is 27.1 Å². The summed E-state index contributed by atoms with van der Waals surface area (Å²) in [6, 6.07) is 6.30. The summed E-state index contributed by atoms with van der Waals surface area (Å²) in [5.74, 6) is 1.29. The molecule has 3 rings (SSSR count). The van der Waals surface area contributed by atoms with Crippen LogP contribution in [0.4, 0.5) is 11.7 Å². The molecule has 7 nitrogen and oxygen atoms in total. The molecule has 0 saturated heterocycles. The van der Waals surface area contributed by atoms with Crippen LogP contribution in [0.5, 0.6) is 0 Å². The van der Waals surface area contributed by atoms with Crippen molar-refractivity contribution in [2.75, 3.05) is 24.3 Å². The highest BCUT2D eigenvalue weighted by Gasteiger charge is 2.14. The van der Waals surface area contributed by atoms with Crippen LogP contribution < -0.4 is 10.2 Å². The summed E-state index contributed by atoms with van der Waals surface area (Å²) in [6.07, 6.45) is 0.758. The molecule has 3 aromatic rings. The molecule has 0 bridgehead atoms. The van der Waals surface area contributed by atoms with Gasteiger partial charge in [-0.15, -0.1) is 0 Å². The molecule has 0 amide bonds.